The maximum absolute atomic E-state index is 13.0. The van der Waals surface area contributed by atoms with Crippen LogP contribution in [0, 0.1) is 5.41 Å². The Morgan fingerprint density at radius 2 is 1.82 bits per heavy atom. The molecule has 2 heterocycles. The number of alkyl halides is 3. The van der Waals surface area contributed by atoms with Gasteiger partial charge in [0, 0.05) is 16.1 Å². The number of benzene rings is 2. The van der Waals surface area contributed by atoms with Crippen molar-refractivity contribution >= 4 is 23.1 Å². The van der Waals surface area contributed by atoms with Gasteiger partial charge in [0.1, 0.15) is 5.84 Å². The number of piperidine rings is 1. The van der Waals surface area contributed by atoms with Crippen molar-refractivity contribution in [3.63, 3.8) is 0 Å². The van der Waals surface area contributed by atoms with E-state index in [-0.39, 0.29) is 12.0 Å². The lowest BCUT2D eigenvalue weighted by molar-refractivity contribution is -0.137. The maximum atomic E-state index is 13.0. The van der Waals surface area contributed by atoms with E-state index in [2.05, 4.69) is 16.7 Å². The Morgan fingerprint density at radius 1 is 1.07 bits per heavy atom. The van der Waals surface area contributed by atoms with E-state index in [0.717, 1.165) is 56.0 Å². The summed E-state index contributed by atoms with van der Waals surface area (Å²) in [5, 5.41) is 7.13. The molecule has 0 amide bonds. The summed E-state index contributed by atoms with van der Waals surface area (Å²) >= 11 is 6.16. The van der Waals surface area contributed by atoms with Gasteiger partial charge in [-0.05, 0) is 67.7 Å². The van der Waals surface area contributed by atoms with Crippen LogP contribution in [0.5, 0.6) is 0 Å². The molecule has 4 rings (SSSR count). The van der Waals surface area contributed by atoms with Gasteiger partial charge in [0.2, 0.25) is 0 Å². The fourth-order valence-corrected chi connectivity index (χ4v) is 4.24. The molecule has 0 bridgehead atoms. The molecule has 1 spiro atoms. The van der Waals surface area contributed by atoms with Crippen LogP contribution in [-0.4, -0.2) is 18.9 Å². The Labute approximate surface area is 167 Å². The predicted molar refractivity (Wildman–Crippen MR) is 106 cm³/mol. The number of hydrogen-bond acceptors (Lipinski definition) is 2. The first-order valence-electron chi connectivity index (χ1n) is 9.34. The number of hydrogen-bond donors (Lipinski definition) is 2. The van der Waals surface area contributed by atoms with Crippen molar-refractivity contribution in [1.82, 2.24) is 5.32 Å². The summed E-state index contributed by atoms with van der Waals surface area (Å²) in [7, 11) is 0. The van der Waals surface area contributed by atoms with Crippen LogP contribution >= 0.6 is 11.6 Å². The van der Waals surface area contributed by atoms with Crippen molar-refractivity contribution in [2.75, 3.05) is 18.4 Å². The largest absolute Gasteiger partial charge is 0.416 e. The number of anilines is 1. The highest BCUT2D eigenvalue weighted by Crippen LogP contribution is 2.41. The number of nitrogens with one attached hydrogen (secondary N) is 2. The van der Waals surface area contributed by atoms with Crippen molar-refractivity contribution in [2.45, 2.75) is 32.0 Å². The first-order valence-corrected chi connectivity index (χ1v) is 9.71. The zero-order valence-corrected chi connectivity index (χ0v) is 16.0. The molecular formula is C21H21ClF3N3. The number of nitrogens with zero attached hydrogens (tertiary/aromatic N) is 1. The number of halogens is 4. The average molecular weight is 408 g/mol. The van der Waals surface area contributed by atoms with Gasteiger partial charge in [-0.25, -0.2) is 0 Å². The number of fused-ring (bicyclic) bond motifs is 1. The van der Waals surface area contributed by atoms with Gasteiger partial charge in [0.15, 0.2) is 0 Å². The standard InChI is InChI=1S/C21H21ClF3N3/c22-17-6-5-16(21(23,24)25)11-15(17)13-27-19-20(7-9-26-10-8-20)12-14-3-1-2-4-18(14)28-19/h1-6,11,26H,7-10,12-13H2,(H,27,28). The van der Waals surface area contributed by atoms with E-state index in [1.54, 1.807) is 0 Å². The van der Waals surface area contributed by atoms with Crippen molar-refractivity contribution in [3.05, 3.63) is 64.2 Å². The summed E-state index contributed by atoms with van der Waals surface area (Å²) in [6, 6.07) is 11.5. The third-order valence-electron chi connectivity index (χ3n) is 5.64. The van der Waals surface area contributed by atoms with Gasteiger partial charge in [-0.2, -0.15) is 13.2 Å². The quantitative estimate of drug-likeness (QED) is 0.709. The minimum absolute atomic E-state index is 0.114. The van der Waals surface area contributed by atoms with E-state index < -0.39 is 11.7 Å². The van der Waals surface area contributed by atoms with E-state index in [9.17, 15) is 13.2 Å². The van der Waals surface area contributed by atoms with Gasteiger partial charge >= 0.3 is 6.18 Å². The summed E-state index contributed by atoms with van der Waals surface area (Å²) in [4.78, 5) is 4.74. The van der Waals surface area contributed by atoms with E-state index in [0.29, 0.717) is 10.6 Å². The molecule has 2 aliphatic heterocycles. The lowest BCUT2D eigenvalue weighted by Crippen LogP contribution is -2.48. The number of amidine groups is 1. The molecule has 1 fully saturated rings. The van der Waals surface area contributed by atoms with Gasteiger partial charge in [-0.15, -0.1) is 0 Å². The zero-order chi connectivity index (χ0) is 19.8. The summed E-state index contributed by atoms with van der Waals surface area (Å²) in [5.41, 5.74) is 1.83. The van der Waals surface area contributed by atoms with Gasteiger partial charge in [-0.1, -0.05) is 29.8 Å². The van der Waals surface area contributed by atoms with Crippen molar-refractivity contribution in [2.24, 2.45) is 10.4 Å². The lowest BCUT2D eigenvalue weighted by atomic mass is 9.71. The zero-order valence-electron chi connectivity index (χ0n) is 15.2. The monoisotopic (exact) mass is 407 g/mol. The Bertz CT molecular complexity index is 902. The molecule has 0 unspecified atom stereocenters. The molecule has 2 N–H and O–H groups in total. The van der Waals surface area contributed by atoms with Gasteiger partial charge in [-0.3, -0.25) is 4.99 Å². The molecular weight excluding hydrogens is 387 g/mol. The average Bonchev–Trinajstić information content (AvgIpc) is 2.67. The first-order chi connectivity index (χ1) is 13.4. The Morgan fingerprint density at radius 3 is 2.57 bits per heavy atom. The van der Waals surface area contributed by atoms with E-state index in [1.165, 1.54) is 11.6 Å². The van der Waals surface area contributed by atoms with Gasteiger partial charge in [0.05, 0.1) is 12.1 Å². The molecule has 2 aromatic rings. The molecule has 3 nitrogen and oxygen atoms in total. The molecule has 7 heteroatoms. The fraction of sp³-hybridized carbons (Fsp3) is 0.381. The molecule has 148 valence electrons. The Balaban J connectivity index is 1.67. The highest BCUT2D eigenvalue weighted by atomic mass is 35.5. The van der Waals surface area contributed by atoms with Crippen molar-refractivity contribution < 1.29 is 13.2 Å². The van der Waals surface area contributed by atoms with Crippen LogP contribution in [0.1, 0.15) is 29.5 Å². The van der Waals surface area contributed by atoms with Crippen molar-refractivity contribution in [3.8, 4) is 0 Å². The molecule has 2 aliphatic rings. The predicted octanol–water partition coefficient (Wildman–Crippen LogP) is 5.30. The number of para-hydroxylation sites is 1. The van der Waals surface area contributed by atoms with Crippen molar-refractivity contribution in [1.29, 1.82) is 0 Å². The third kappa shape index (κ3) is 3.76. The van der Waals surface area contributed by atoms with E-state index in [4.69, 9.17) is 16.6 Å². The maximum Gasteiger partial charge on any atom is 0.416 e. The smallest absolute Gasteiger partial charge is 0.343 e. The van der Waals surface area contributed by atoms with Crippen LogP contribution in [0.4, 0.5) is 18.9 Å². The van der Waals surface area contributed by atoms with Crippen LogP contribution in [0.15, 0.2) is 47.5 Å². The summed E-state index contributed by atoms with van der Waals surface area (Å²) in [6.07, 6.45) is -1.65. The number of aliphatic imine (C=N–C) groups is 1. The second kappa shape index (κ2) is 7.41. The Hall–Kier alpha value is -2.05. The molecule has 1 saturated heterocycles. The molecule has 0 saturated carbocycles. The summed E-state index contributed by atoms with van der Waals surface area (Å²) < 4.78 is 39.1. The third-order valence-corrected chi connectivity index (χ3v) is 6.01. The van der Waals surface area contributed by atoms with Crippen LogP contribution < -0.4 is 10.6 Å². The van der Waals surface area contributed by atoms with Crippen LogP contribution in [-0.2, 0) is 19.1 Å². The van der Waals surface area contributed by atoms with Gasteiger partial charge < -0.3 is 10.6 Å². The molecule has 0 aromatic heterocycles. The second-order valence-corrected chi connectivity index (χ2v) is 7.87. The van der Waals surface area contributed by atoms with E-state index >= 15 is 0 Å². The summed E-state index contributed by atoms with van der Waals surface area (Å²) in [6.45, 7) is 1.91. The molecule has 2 aromatic carbocycles. The molecule has 0 atom stereocenters. The Kier molecular flexibility index (Phi) is 5.10. The minimum Gasteiger partial charge on any atom is -0.343 e. The van der Waals surface area contributed by atoms with Crippen LogP contribution in [0.2, 0.25) is 5.02 Å². The van der Waals surface area contributed by atoms with Crippen LogP contribution in [0.25, 0.3) is 0 Å². The minimum atomic E-state index is -4.40. The molecule has 0 radical (unpaired) electrons. The summed E-state index contributed by atoms with van der Waals surface area (Å²) in [5.74, 6) is 0.848. The van der Waals surface area contributed by atoms with Crippen LogP contribution in [0.3, 0.4) is 0 Å². The molecule has 28 heavy (non-hydrogen) atoms. The SMILES string of the molecule is FC(F)(F)c1ccc(Cl)c(CN=C2Nc3ccccc3CC23CCNCC3)c1. The lowest BCUT2D eigenvalue weighted by Gasteiger charge is -2.42. The second-order valence-electron chi connectivity index (χ2n) is 7.46. The normalized spacial score (nSPS) is 20.1. The first kappa shape index (κ1) is 19.3. The number of rotatable bonds is 2. The van der Waals surface area contributed by atoms with Gasteiger partial charge in [0.25, 0.3) is 0 Å². The fourth-order valence-electron chi connectivity index (χ4n) is 4.07. The topological polar surface area (TPSA) is 36.4 Å². The van der Waals surface area contributed by atoms with E-state index in [1.807, 2.05) is 18.2 Å². The highest BCUT2D eigenvalue weighted by molar-refractivity contribution is 6.31. The highest BCUT2D eigenvalue weighted by Gasteiger charge is 2.41. The molecule has 0 aliphatic carbocycles.